The molecule has 0 unspecified atom stereocenters. The van der Waals surface area contributed by atoms with Crippen molar-refractivity contribution in [3.05, 3.63) is 212 Å². The van der Waals surface area contributed by atoms with Gasteiger partial charge in [0.2, 0.25) is 0 Å². The van der Waals surface area contributed by atoms with Gasteiger partial charge in [0.25, 0.3) is 0 Å². The van der Waals surface area contributed by atoms with Gasteiger partial charge in [-0.25, -0.2) is 15.0 Å². The van der Waals surface area contributed by atoms with E-state index in [1.807, 2.05) is 30.3 Å². The van der Waals surface area contributed by atoms with E-state index in [2.05, 4.69) is 182 Å². The summed E-state index contributed by atoms with van der Waals surface area (Å²) in [6, 6.07) is 74.1. The van der Waals surface area contributed by atoms with Crippen LogP contribution < -0.4 is 0 Å². The van der Waals surface area contributed by atoms with Crippen LogP contribution in [0, 0.1) is 0 Å². The normalized spacial score (nSPS) is 11.4. The lowest BCUT2D eigenvalue weighted by molar-refractivity contribution is 0.669. The predicted octanol–water partition coefficient (Wildman–Crippen LogP) is 14.6. The van der Waals surface area contributed by atoms with Crippen LogP contribution in [0.15, 0.2) is 217 Å². The molecule has 0 atom stereocenters. The molecule has 0 bridgehead atoms. The van der Waals surface area contributed by atoms with E-state index in [4.69, 9.17) is 19.4 Å². The van der Waals surface area contributed by atoms with Gasteiger partial charge in [-0.15, -0.1) is 0 Å². The summed E-state index contributed by atoms with van der Waals surface area (Å²) in [5.41, 5.74) is 13.4. The van der Waals surface area contributed by atoms with Crippen molar-refractivity contribution < 1.29 is 4.42 Å². The number of para-hydroxylation sites is 2. The van der Waals surface area contributed by atoms with E-state index in [-0.39, 0.29) is 0 Å². The van der Waals surface area contributed by atoms with Crippen molar-refractivity contribution in [1.82, 2.24) is 15.0 Å². The van der Waals surface area contributed by atoms with Gasteiger partial charge in [-0.05, 0) is 91.7 Å². The van der Waals surface area contributed by atoms with E-state index in [1.54, 1.807) is 0 Å². The molecule has 2 aromatic heterocycles. The summed E-state index contributed by atoms with van der Waals surface area (Å²) in [6.07, 6.45) is 0. The quantitative estimate of drug-likeness (QED) is 0.163. The molecule has 59 heavy (non-hydrogen) atoms. The molecule has 2 heterocycles. The Balaban J connectivity index is 1.09. The monoisotopic (exact) mass is 753 g/mol. The fourth-order valence-corrected chi connectivity index (χ4v) is 8.26. The summed E-state index contributed by atoms with van der Waals surface area (Å²) in [4.78, 5) is 15.8. The van der Waals surface area contributed by atoms with Crippen molar-refractivity contribution in [2.75, 3.05) is 0 Å². The zero-order valence-corrected chi connectivity index (χ0v) is 32.0. The van der Waals surface area contributed by atoms with E-state index < -0.39 is 0 Å². The minimum atomic E-state index is 0.551. The molecule has 0 aliphatic carbocycles. The van der Waals surface area contributed by atoms with Crippen LogP contribution in [0.5, 0.6) is 0 Å². The van der Waals surface area contributed by atoms with Gasteiger partial charge < -0.3 is 4.42 Å². The third-order valence-electron chi connectivity index (χ3n) is 11.2. The molecule has 0 saturated carbocycles. The van der Waals surface area contributed by atoms with Gasteiger partial charge in [0, 0.05) is 21.9 Å². The predicted molar refractivity (Wildman–Crippen MR) is 243 cm³/mol. The highest BCUT2D eigenvalue weighted by molar-refractivity contribution is 6.09. The number of fused-ring (bicyclic) bond motifs is 4. The molecule has 0 radical (unpaired) electrons. The Morgan fingerprint density at radius 1 is 0.254 bits per heavy atom. The first-order valence-corrected chi connectivity index (χ1v) is 19.8. The maximum absolute atomic E-state index is 6.53. The first-order valence-electron chi connectivity index (χ1n) is 19.8. The molecule has 0 fully saturated rings. The third kappa shape index (κ3) is 6.34. The second kappa shape index (κ2) is 14.5. The summed E-state index contributed by atoms with van der Waals surface area (Å²) in [5.74, 6) is 1.73. The Kier molecular flexibility index (Phi) is 8.45. The topological polar surface area (TPSA) is 51.8 Å². The average molecular weight is 754 g/mol. The number of aromatic nitrogens is 3. The third-order valence-corrected chi connectivity index (χ3v) is 11.2. The fraction of sp³-hybridized carbons (Fsp3) is 0. The van der Waals surface area contributed by atoms with Crippen LogP contribution in [-0.2, 0) is 0 Å². The molecule has 0 amide bonds. The Bertz CT molecular complexity index is 3330. The SMILES string of the molecule is c1ccc(-c2cccc(-c3cccc(-c4nc(-c5ccc(-c6cccc(-c7ccccc7)c6)c6ccccc56)nc(-c5cccc6c5oc5ccccc56)n4)c3)c2)cc1. The minimum Gasteiger partial charge on any atom is -0.455 e. The Hall–Kier alpha value is -7.95. The lowest BCUT2D eigenvalue weighted by atomic mass is 9.93. The maximum atomic E-state index is 6.53. The first-order chi connectivity index (χ1) is 29.2. The molecule has 4 nitrogen and oxygen atoms in total. The van der Waals surface area contributed by atoms with Gasteiger partial charge in [-0.2, -0.15) is 0 Å². The lowest BCUT2D eigenvalue weighted by Crippen LogP contribution is -2.01. The van der Waals surface area contributed by atoms with Crippen LogP contribution in [0.1, 0.15) is 0 Å². The molecule has 0 aliphatic rings. The van der Waals surface area contributed by atoms with Gasteiger partial charge in [0.05, 0.1) is 5.56 Å². The standard InChI is InChI=1S/C55H35N3O/c1-3-15-36(16-4-1)38-19-11-21-40(33-38)41-22-13-24-43(35-41)53-56-54(58-55(57-53)50-29-14-28-48-47-27-9-10-30-51(47)59-52(48)50)49-32-31-44(45-25-7-8-26-46(45)49)42-23-12-20-39(34-42)37-17-5-2-6-18-37/h1-35H. The van der Waals surface area contributed by atoms with Crippen LogP contribution in [-0.4, -0.2) is 15.0 Å². The summed E-state index contributed by atoms with van der Waals surface area (Å²) < 4.78 is 6.53. The van der Waals surface area contributed by atoms with E-state index in [1.165, 1.54) is 22.3 Å². The molecule has 11 aromatic rings. The lowest BCUT2D eigenvalue weighted by Gasteiger charge is -2.14. The number of hydrogen-bond acceptors (Lipinski definition) is 4. The van der Waals surface area contributed by atoms with Crippen molar-refractivity contribution in [3.8, 4) is 78.7 Å². The van der Waals surface area contributed by atoms with Crippen LogP contribution in [0.2, 0.25) is 0 Å². The molecule has 276 valence electrons. The van der Waals surface area contributed by atoms with Gasteiger partial charge in [0.15, 0.2) is 17.5 Å². The number of rotatable bonds is 7. The van der Waals surface area contributed by atoms with Crippen LogP contribution in [0.3, 0.4) is 0 Å². The molecule has 0 saturated heterocycles. The Morgan fingerprint density at radius 3 is 1.36 bits per heavy atom. The zero-order chi connectivity index (χ0) is 39.1. The molecule has 9 aromatic carbocycles. The zero-order valence-electron chi connectivity index (χ0n) is 32.0. The molecular formula is C55H35N3O. The van der Waals surface area contributed by atoms with Gasteiger partial charge in [0.1, 0.15) is 11.2 Å². The van der Waals surface area contributed by atoms with E-state index in [0.717, 1.165) is 71.7 Å². The van der Waals surface area contributed by atoms with Gasteiger partial charge in [-0.3, -0.25) is 0 Å². The summed E-state index contributed by atoms with van der Waals surface area (Å²) in [6.45, 7) is 0. The highest BCUT2D eigenvalue weighted by Crippen LogP contribution is 2.39. The van der Waals surface area contributed by atoms with Gasteiger partial charge >= 0.3 is 0 Å². The smallest absolute Gasteiger partial charge is 0.167 e. The highest BCUT2D eigenvalue weighted by atomic mass is 16.3. The summed E-state index contributed by atoms with van der Waals surface area (Å²) >= 11 is 0. The molecule has 4 heteroatoms. The molecule has 0 aliphatic heterocycles. The van der Waals surface area contributed by atoms with E-state index in [9.17, 15) is 0 Å². The van der Waals surface area contributed by atoms with Crippen molar-refractivity contribution in [1.29, 1.82) is 0 Å². The number of hydrogen-bond donors (Lipinski definition) is 0. The average Bonchev–Trinajstić information content (AvgIpc) is 3.71. The number of nitrogens with zero attached hydrogens (tertiary/aromatic N) is 3. The van der Waals surface area contributed by atoms with Crippen molar-refractivity contribution in [2.24, 2.45) is 0 Å². The summed E-state index contributed by atoms with van der Waals surface area (Å²) in [5, 5.41) is 4.27. The first kappa shape index (κ1) is 34.3. The number of benzene rings is 9. The van der Waals surface area contributed by atoms with E-state index >= 15 is 0 Å². The summed E-state index contributed by atoms with van der Waals surface area (Å²) in [7, 11) is 0. The van der Waals surface area contributed by atoms with Crippen molar-refractivity contribution in [3.63, 3.8) is 0 Å². The van der Waals surface area contributed by atoms with Crippen molar-refractivity contribution in [2.45, 2.75) is 0 Å². The van der Waals surface area contributed by atoms with Crippen LogP contribution >= 0.6 is 0 Å². The molecule has 0 N–H and O–H groups in total. The highest BCUT2D eigenvalue weighted by Gasteiger charge is 2.20. The Morgan fingerprint density at radius 2 is 0.678 bits per heavy atom. The second-order valence-corrected chi connectivity index (χ2v) is 14.8. The number of furan rings is 1. The second-order valence-electron chi connectivity index (χ2n) is 14.8. The van der Waals surface area contributed by atoms with Gasteiger partial charge in [-0.1, -0.05) is 176 Å². The van der Waals surface area contributed by atoms with Crippen LogP contribution in [0.25, 0.3) is 111 Å². The Labute approximate surface area is 341 Å². The molecule has 0 spiro atoms. The van der Waals surface area contributed by atoms with E-state index in [0.29, 0.717) is 17.5 Å². The van der Waals surface area contributed by atoms with Crippen molar-refractivity contribution >= 4 is 32.7 Å². The van der Waals surface area contributed by atoms with Crippen LogP contribution in [0.4, 0.5) is 0 Å². The maximum Gasteiger partial charge on any atom is 0.167 e. The minimum absolute atomic E-state index is 0.551. The largest absolute Gasteiger partial charge is 0.455 e. The molecule has 11 rings (SSSR count). The fourth-order valence-electron chi connectivity index (χ4n) is 8.26. The molecular weight excluding hydrogens is 719 g/mol.